The van der Waals surface area contributed by atoms with E-state index in [1.54, 1.807) is 0 Å². The van der Waals surface area contributed by atoms with Crippen molar-refractivity contribution in [2.24, 2.45) is 62.1 Å². The lowest BCUT2D eigenvalue weighted by Gasteiger charge is -2.72. The zero-order valence-electron chi connectivity index (χ0n) is 23.1. The van der Waals surface area contributed by atoms with Gasteiger partial charge in [0, 0.05) is 23.2 Å². The second-order valence-electron chi connectivity index (χ2n) is 15.4. The Morgan fingerprint density at radius 1 is 0.857 bits per heavy atom. The van der Waals surface area contributed by atoms with Gasteiger partial charge >= 0.3 is 0 Å². The molecule has 0 spiro atoms. The highest BCUT2D eigenvalue weighted by atomic mass is 16.1. The summed E-state index contributed by atoms with van der Waals surface area (Å²) in [4.78, 5) is 27.6. The molecule has 9 atom stereocenters. The van der Waals surface area contributed by atoms with Gasteiger partial charge in [-0.1, -0.05) is 54.4 Å². The maximum Gasteiger partial charge on any atom is 0.155 e. The zero-order chi connectivity index (χ0) is 25.8. The van der Waals surface area contributed by atoms with Gasteiger partial charge in [0.05, 0.1) is 6.07 Å². The normalized spacial score (nSPS) is 52.1. The Labute approximate surface area is 213 Å². The summed E-state index contributed by atoms with van der Waals surface area (Å²) >= 11 is 0. The summed E-state index contributed by atoms with van der Waals surface area (Å²) in [6.07, 6.45) is 14.8. The van der Waals surface area contributed by atoms with Crippen LogP contribution in [0.25, 0.3) is 0 Å². The molecular weight excluding hydrogens is 430 g/mol. The van der Waals surface area contributed by atoms with Gasteiger partial charge in [-0.3, -0.25) is 9.59 Å². The number of carbonyl (C=O) groups excluding carboxylic acids is 2. The number of Topliss-reactive ketones (excluding diaryl/α,β-unsaturated/α-hetero) is 2. The van der Waals surface area contributed by atoms with Crippen molar-refractivity contribution >= 4 is 11.6 Å². The first-order chi connectivity index (χ1) is 16.1. The van der Waals surface area contributed by atoms with Gasteiger partial charge in [0.1, 0.15) is 11.7 Å². The quantitative estimate of drug-likeness (QED) is 0.354. The van der Waals surface area contributed by atoms with Gasteiger partial charge in [-0.2, -0.15) is 5.26 Å². The number of hydrogen-bond acceptors (Lipinski definition) is 3. The average molecular weight is 476 g/mol. The van der Waals surface area contributed by atoms with Crippen molar-refractivity contribution in [2.75, 3.05) is 0 Å². The highest BCUT2D eigenvalue weighted by molar-refractivity contribution is 5.90. The molecular formula is C32H45NO2. The highest BCUT2D eigenvalue weighted by Crippen LogP contribution is 2.76. The van der Waals surface area contributed by atoms with Crippen LogP contribution in [-0.2, 0) is 9.59 Å². The Kier molecular flexibility index (Phi) is 5.18. The summed E-state index contributed by atoms with van der Waals surface area (Å²) < 4.78 is 0. The predicted molar refractivity (Wildman–Crippen MR) is 138 cm³/mol. The summed E-state index contributed by atoms with van der Waals surface area (Å²) in [6, 6.07) is 2.35. The summed E-state index contributed by atoms with van der Waals surface area (Å²) in [5, 5.41) is 9.93. The Morgan fingerprint density at radius 3 is 2.14 bits per heavy atom. The molecule has 0 saturated heterocycles. The van der Waals surface area contributed by atoms with Crippen molar-refractivity contribution in [3.63, 3.8) is 0 Å². The third kappa shape index (κ3) is 2.97. The van der Waals surface area contributed by atoms with E-state index in [1.807, 2.05) is 0 Å². The molecule has 3 heteroatoms. The maximum absolute atomic E-state index is 14.3. The van der Waals surface area contributed by atoms with Crippen molar-refractivity contribution in [3.8, 4) is 18.4 Å². The number of nitrogens with zero attached hydrogens (tertiary/aromatic N) is 1. The zero-order valence-corrected chi connectivity index (χ0v) is 23.1. The van der Waals surface area contributed by atoms with Crippen LogP contribution in [0.5, 0.6) is 0 Å². The summed E-state index contributed by atoms with van der Waals surface area (Å²) in [5.41, 5.74) is -0.693. The molecule has 0 aromatic heterocycles. The number of carbonyl (C=O) groups is 2. The average Bonchev–Trinajstić information content (AvgIpc) is 2.77. The van der Waals surface area contributed by atoms with Crippen LogP contribution >= 0.6 is 0 Å². The number of fused-ring (bicyclic) bond motifs is 7. The third-order valence-corrected chi connectivity index (χ3v) is 13.2. The van der Waals surface area contributed by atoms with E-state index in [9.17, 15) is 14.9 Å². The minimum absolute atomic E-state index is 0.00957. The number of terminal acetylenes is 1. The summed E-state index contributed by atoms with van der Waals surface area (Å²) in [5.74, 6) is 3.96. The molecule has 1 unspecified atom stereocenters. The largest absolute Gasteiger partial charge is 0.299 e. The first-order valence-corrected chi connectivity index (χ1v) is 14.1. The molecule has 190 valence electrons. The number of rotatable bonds is 0. The van der Waals surface area contributed by atoms with Crippen molar-refractivity contribution in [1.29, 1.82) is 5.26 Å². The molecule has 0 amide bonds. The Hall–Kier alpha value is -1.61. The van der Waals surface area contributed by atoms with E-state index in [2.05, 4.69) is 60.5 Å². The molecule has 0 aromatic rings. The van der Waals surface area contributed by atoms with Crippen LogP contribution in [0.1, 0.15) is 106 Å². The van der Waals surface area contributed by atoms with Crippen molar-refractivity contribution in [1.82, 2.24) is 0 Å². The predicted octanol–water partition coefficient (Wildman–Crippen LogP) is 7.00. The van der Waals surface area contributed by atoms with Crippen LogP contribution in [0.3, 0.4) is 0 Å². The van der Waals surface area contributed by atoms with E-state index in [0.29, 0.717) is 18.6 Å². The Balaban J connectivity index is 1.61. The Morgan fingerprint density at radius 2 is 1.51 bits per heavy atom. The second-order valence-corrected chi connectivity index (χ2v) is 15.4. The second kappa shape index (κ2) is 7.24. The van der Waals surface area contributed by atoms with E-state index in [0.717, 1.165) is 44.9 Å². The van der Waals surface area contributed by atoms with E-state index in [4.69, 9.17) is 6.42 Å². The van der Waals surface area contributed by atoms with Crippen LogP contribution in [0.2, 0.25) is 0 Å². The third-order valence-electron chi connectivity index (χ3n) is 13.2. The summed E-state index contributed by atoms with van der Waals surface area (Å²) in [7, 11) is 0. The van der Waals surface area contributed by atoms with Crippen molar-refractivity contribution in [2.45, 2.75) is 106 Å². The van der Waals surface area contributed by atoms with E-state index in [-0.39, 0.29) is 56.5 Å². The summed E-state index contributed by atoms with van der Waals surface area (Å²) in [6.45, 7) is 16.1. The highest BCUT2D eigenvalue weighted by Gasteiger charge is 2.72. The van der Waals surface area contributed by atoms with Gasteiger partial charge in [0.25, 0.3) is 0 Å². The Bertz CT molecular complexity index is 1060. The van der Waals surface area contributed by atoms with Gasteiger partial charge in [0.2, 0.25) is 0 Å². The molecule has 5 rings (SSSR count). The van der Waals surface area contributed by atoms with Crippen LogP contribution in [-0.4, -0.2) is 11.6 Å². The molecule has 3 nitrogen and oxygen atoms in total. The lowest BCUT2D eigenvalue weighted by atomic mass is 9.31. The molecule has 0 heterocycles. The number of ketones is 2. The van der Waals surface area contributed by atoms with Crippen molar-refractivity contribution in [3.05, 3.63) is 0 Å². The molecule has 0 bridgehead atoms. The van der Waals surface area contributed by atoms with Crippen molar-refractivity contribution < 1.29 is 9.59 Å². The van der Waals surface area contributed by atoms with Crippen LogP contribution in [0, 0.1) is 85.8 Å². The minimum Gasteiger partial charge on any atom is -0.299 e. The minimum atomic E-state index is -0.561. The topological polar surface area (TPSA) is 57.9 Å². The molecule has 0 aliphatic heterocycles. The SMILES string of the molecule is C#C[C@]12CCC(C)(C)C[C@H]1[C@H]1C(=O)C[C@@H]3[C@@]4(C)CC(C#N)C(=O)C(C)(C)[C@@H]4CC[C@@]3(C)[C@]1(C)CC2. The molecule has 5 aliphatic rings. The fraction of sp³-hybridized carbons (Fsp3) is 0.844. The van der Waals surface area contributed by atoms with Crippen LogP contribution in [0.4, 0.5) is 0 Å². The molecule has 5 saturated carbocycles. The van der Waals surface area contributed by atoms with E-state index in [1.165, 1.54) is 0 Å². The van der Waals surface area contributed by atoms with Gasteiger partial charge in [-0.05, 0) is 90.8 Å². The number of hydrogen-bond donors (Lipinski definition) is 0. The fourth-order valence-electron chi connectivity index (χ4n) is 11.1. The van der Waals surface area contributed by atoms with Crippen LogP contribution < -0.4 is 0 Å². The maximum atomic E-state index is 14.3. The molecule has 5 fully saturated rings. The number of nitriles is 1. The molecule has 35 heavy (non-hydrogen) atoms. The van der Waals surface area contributed by atoms with Gasteiger partial charge in [0.15, 0.2) is 5.78 Å². The standard InChI is InChI=1S/C32H45NO2/c1-9-32-14-12-27(2,3)18-21(32)25-22(34)16-24-29(6)17-20(19-33)26(35)28(4,5)23(29)10-11-30(24,7)31(25,8)13-15-32/h1,20-21,23-25H,10-18H2,2-8H3/t20?,21-,23-,24+,25-,29-,30+,31+,32+/m0/s1. The van der Waals surface area contributed by atoms with Gasteiger partial charge in [-0.25, -0.2) is 0 Å². The van der Waals surface area contributed by atoms with Gasteiger partial charge in [-0.15, -0.1) is 6.42 Å². The molecule has 0 radical (unpaired) electrons. The molecule has 0 aromatic carbocycles. The van der Waals surface area contributed by atoms with E-state index < -0.39 is 11.3 Å². The van der Waals surface area contributed by atoms with Gasteiger partial charge < -0.3 is 0 Å². The lowest BCUT2D eigenvalue weighted by Crippen LogP contribution is -2.69. The van der Waals surface area contributed by atoms with E-state index >= 15 is 0 Å². The first kappa shape index (κ1) is 25.1. The monoisotopic (exact) mass is 475 g/mol. The molecule has 5 aliphatic carbocycles. The molecule has 0 N–H and O–H groups in total. The first-order valence-electron chi connectivity index (χ1n) is 14.1. The lowest BCUT2D eigenvalue weighted by molar-refractivity contribution is -0.231. The van der Waals surface area contributed by atoms with Crippen LogP contribution in [0.15, 0.2) is 0 Å². The smallest absolute Gasteiger partial charge is 0.155 e. The fourth-order valence-corrected chi connectivity index (χ4v) is 11.1.